The maximum absolute atomic E-state index is 11.0. The van der Waals surface area contributed by atoms with Gasteiger partial charge in [0.05, 0.1) is 6.54 Å². The normalized spacial score (nSPS) is 26.2. The van der Waals surface area contributed by atoms with E-state index in [0.717, 1.165) is 0 Å². The molecule has 0 aliphatic carbocycles. The van der Waals surface area contributed by atoms with Gasteiger partial charge in [0.15, 0.2) is 6.10 Å². The standard InChI is InChI=1S/C7H9NO4/c1-7(2)11-5(3-8-4-9)6(10)12-7/h5H,3H2,1-2H3/t5-/m1/s1. The van der Waals surface area contributed by atoms with Crippen LogP contribution in [0.2, 0.25) is 0 Å². The molecular weight excluding hydrogens is 162 g/mol. The first kappa shape index (κ1) is 8.90. The molecule has 66 valence electrons. The predicted molar refractivity (Wildman–Crippen MR) is 38.0 cm³/mol. The second-order valence-electron chi connectivity index (χ2n) is 2.86. The molecule has 0 amide bonds. The zero-order valence-corrected chi connectivity index (χ0v) is 6.86. The molecule has 12 heavy (non-hydrogen) atoms. The molecule has 0 aromatic carbocycles. The van der Waals surface area contributed by atoms with Gasteiger partial charge in [-0.05, 0) is 0 Å². The lowest BCUT2D eigenvalue weighted by Crippen LogP contribution is -2.22. The molecule has 0 spiro atoms. The lowest BCUT2D eigenvalue weighted by Gasteiger charge is -2.14. The molecule has 0 aromatic heterocycles. The van der Waals surface area contributed by atoms with Crippen LogP contribution in [-0.4, -0.2) is 30.5 Å². The molecule has 0 aromatic rings. The summed E-state index contributed by atoms with van der Waals surface area (Å²) in [5.74, 6) is -1.39. The van der Waals surface area contributed by atoms with E-state index < -0.39 is 17.9 Å². The van der Waals surface area contributed by atoms with Crippen LogP contribution >= 0.6 is 0 Å². The number of carbonyl (C=O) groups is 1. The van der Waals surface area contributed by atoms with Gasteiger partial charge in [0.2, 0.25) is 11.9 Å². The monoisotopic (exact) mass is 171 g/mol. The van der Waals surface area contributed by atoms with Gasteiger partial charge in [-0.15, -0.1) is 0 Å². The molecule has 1 aliphatic heterocycles. The van der Waals surface area contributed by atoms with Crippen molar-refractivity contribution >= 4 is 12.0 Å². The van der Waals surface area contributed by atoms with Crippen molar-refractivity contribution in [2.45, 2.75) is 25.7 Å². The van der Waals surface area contributed by atoms with Crippen LogP contribution < -0.4 is 0 Å². The molecule has 0 saturated carbocycles. The molecule has 1 atom stereocenters. The van der Waals surface area contributed by atoms with E-state index >= 15 is 0 Å². The molecule has 1 aliphatic rings. The molecule has 1 heterocycles. The summed E-state index contributed by atoms with van der Waals surface area (Å²) in [6.07, 6.45) is 0.567. The molecule has 1 fully saturated rings. The Labute approximate surface area is 69.4 Å². The van der Waals surface area contributed by atoms with Gasteiger partial charge in [0.25, 0.3) is 0 Å². The third-order valence-electron chi connectivity index (χ3n) is 1.36. The largest absolute Gasteiger partial charge is 0.432 e. The van der Waals surface area contributed by atoms with E-state index in [1.165, 1.54) is 6.08 Å². The number of isocyanates is 1. The number of cyclic esters (lactones) is 1. The Bertz CT molecular complexity index is 242. The van der Waals surface area contributed by atoms with Crippen molar-refractivity contribution in [1.82, 2.24) is 0 Å². The second-order valence-corrected chi connectivity index (χ2v) is 2.86. The van der Waals surface area contributed by atoms with Crippen LogP contribution in [0.1, 0.15) is 13.8 Å². The first-order valence-corrected chi connectivity index (χ1v) is 3.49. The number of esters is 1. The minimum Gasteiger partial charge on any atom is -0.432 e. The van der Waals surface area contributed by atoms with Gasteiger partial charge >= 0.3 is 5.97 Å². The SMILES string of the molecule is CC1(C)OC(=O)[C@@H](CN=C=O)O1. The Kier molecular flexibility index (Phi) is 2.26. The van der Waals surface area contributed by atoms with Crippen molar-refractivity contribution in [1.29, 1.82) is 0 Å². The number of rotatable bonds is 2. The lowest BCUT2D eigenvalue weighted by atomic mass is 10.4. The quantitative estimate of drug-likeness (QED) is 0.333. The fourth-order valence-electron chi connectivity index (χ4n) is 0.955. The Morgan fingerprint density at radius 3 is 2.75 bits per heavy atom. The number of aliphatic imine (C=N–C) groups is 1. The van der Waals surface area contributed by atoms with E-state index in [9.17, 15) is 9.59 Å². The van der Waals surface area contributed by atoms with Crippen molar-refractivity contribution in [2.24, 2.45) is 4.99 Å². The maximum Gasteiger partial charge on any atom is 0.339 e. The van der Waals surface area contributed by atoms with Crippen molar-refractivity contribution in [3.05, 3.63) is 0 Å². The van der Waals surface area contributed by atoms with Crippen molar-refractivity contribution in [3.63, 3.8) is 0 Å². The van der Waals surface area contributed by atoms with Crippen LogP contribution in [0.3, 0.4) is 0 Å². The first-order chi connectivity index (χ1) is 5.55. The highest BCUT2D eigenvalue weighted by Gasteiger charge is 2.40. The first-order valence-electron chi connectivity index (χ1n) is 3.49. The van der Waals surface area contributed by atoms with E-state index in [2.05, 4.69) is 4.99 Å². The summed E-state index contributed by atoms with van der Waals surface area (Å²) in [5.41, 5.74) is 0. The second kappa shape index (κ2) is 3.05. The van der Waals surface area contributed by atoms with Crippen LogP contribution in [0, 0.1) is 0 Å². The average molecular weight is 171 g/mol. The summed E-state index contributed by atoms with van der Waals surface area (Å²) < 4.78 is 9.93. The van der Waals surface area contributed by atoms with Crippen molar-refractivity contribution < 1.29 is 19.1 Å². The minimum atomic E-state index is -0.903. The van der Waals surface area contributed by atoms with E-state index in [-0.39, 0.29) is 6.54 Å². The molecule has 0 unspecified atom stereocenters. The summed E-state index contributed by atoms with van der Waals surface area (Å²) in [4.78, 5) is 23.9. The summed E-state index contributed by atoms with van der Waals surface area (Å²) in [6, 6.07) is 0. The highest BCUT2D eigenvalue weighted by Crippen LogP contribution is 2.23. The van der Waals surface area contributed by atoms with Crippen LogP contribution in [0.5, 0.6) is 0 Å². The average Bonchev–Trinajstić information content (AvgIpc) is 2.20. The van der Waals surface area contributed by atoms with E-state index in [4.69, 9.17) is 9.47 Å². The van der Waals surface area contributed by atoms with Crippen LogP contribution in [-0.2, 0) is 19.1 Å². The minimum absolute atomic E-state index is 0.0221. The van der Waals surface area contributed by atoms with E-state index in [0.29, 0.717) is 0 Å². The van der Waals surface area contributed by atoms with Gasteiger partial charge in [0.1, 0.15) is 0 Å². The number of carbonyl (C=O) groups excluding carboxylic acids is 2. The van der Waals surface area contributed by atoms with Crippen LogP contribution in [0.4, 0.5) is 0 Å². The lowest BCUT2D eigenvalue weighted by molar-refractivity contribution is -0.160. The summed E-state index contributed by atoms with van der Waals surface area (Å²) in [6.45, 7) is 3.22. The van der Waals surface area contributed by atoms with E-state index in [1.54, 1.807) is 13.8 Å². The molecule has 0 N–H and O–H groups in total. The van der Waals surface area contributed by atoms with Gasteiger partial charge in [-0.3, -0.25) is 0 Å². The Balaban J connectivity index is 2.58. The maximum atomic E-state index is 11.0. The fraction of sp³-hybridized carbons (Fsp3) is 0.714. The molecule has 0 radical (unpaired) electrons. The summed E-state index contributed by atoms with van der Waals surface area (Å²) in [7, 11) is 0. The van der Waals surface area contributed by atoms with Crippen molar-refractivity contribution in [3.8, 4) is 0 Å². The smallest absolute Gasteiger partial charge is 0.339 e. The molecular formula is C7H9NO4. The number of ether oxygens (including phenoxy) is 2. The van der Waals surface area contributed by atoms with E-state index in [1.807, 2.05) is 0 Å². The highest BCUT2D eigenvalue weighted by molar-refractivity contribution is 5.77. The van der Waals surface area contributed by atoms with Crippen molar-refractivity contribution in [2.75, 3.05) is 6.54 Å². The zero-order chi connectivity index (χ0) is 9.19. The predicted octanol–water partition coefficient (Wildman–Crippen LogP) is 0.000300. The topological polar surface area (TPSA) is 65.0 Å². The fourth-order valence-corrected chi connectivity index (χ4v) is 0.955. The molecule has 0 bridgehead atoms. The van der Waals surface area contributed by atoms with Crippen LogP contribution in [0.25, 0.3) is 0 Å². The van der Waals surface area contributed by atoms with Gasteiger partial charge in [-0.1, -0.05) is 0 Å². The summed E-state index contributed by atoms with van der Waals surface area (Å²) >= 11 is 0. The molecule has 5 heteroatoms. The van der Waals surface area contributed by atoms with Gasteiger partial charge in [0, 0.05) is 13.8 Å². The summed E-state index contributed by atoms with van der Waals surface area (Å²) in [5, 5.41) is 0. The Morgan fingerprint density at radius 2 is 2.33 bits per heavy atom. The molecule has 1 saturated heterocycles. The molecule has 1 rings (SSSR count). The number of hydrogen-bond donors (Lipinski definition) is 0. The highest BCUT2D eigenvalue weighted by atomic mass is 16.8. The van der Waals surface area contributed by atoms with Gasteiger partial charge in [-0.25, -0.2) is 14.6 Å². The number of nitrogens with zero attached hydrogens (tertiary/aromatic N) is 1. The van der Waals surface area contributed by atoms with Crippen LogP contribution in [0.15, 0.2) is 4.99 Å². The third-order valence-corrected chi connectivity index (χ3v) is 1.36. The molecule has 5 nitrogen and oxygen atoms in total. The van der Waals surface area contributed by atoms with Gasteiger partial charge < -0.3 is 9.47 Å². The van der Waals surface area contributed by atoms with Gasteiger partial charge in [-0.2, -0.15) is 0 Å². The Hall–Kier alpha value is -1.19. The number of hydrogen-bond acceptors (Lipinski definition) is 5. The zero-order valence-electron chi connectivity index (χ0n) is 6.86. The third kappa shape index (κ3) is 1.90. The Morgan fingerprint density at radius 1 is 1.67 bits per heavy atom.